The molecule has 1 aromatic heterocycles. The van der Waals surface area contributed by atoms with Gasteiger partial charge in [-0.15, -0.1) is 0 Å². The number of nitrogens with zero attached hydrogens (tertiary/aromatic N) is 2. The molecular weight excluding hydrogens is 261 g/mol. The Kier molecular flexibility index (Phi) is 4.04. The van der Waals surface area contributed by atoms with Crippen molar-refractivity contribution >= 4 is 0 Å². The third-order valence-corrected chi connectivity index (χ3v) is 3.53. The molecule has 108 valence electrons. The predicted octanol–water partition coefficient (Wildman–Crippen LogP) is 2.86. The van der Waals surface area contributed by atoms with Crippen molar-refractivity contribution in [3.8, 4) is 17.2 Å². The second-order valence-electron chi connectivity index (χ2n) is 4.64. The Balaban J connectivity index is 2.36. The second kappa shape index (κ2) is 5.58. The summed E-state index contributed by atoms with van der Waals surface area (Å²) in [5, 5.41) is 3.91. The molecular formula is C14H18FN3O2. The summed E-state index contributed by atoms with van der Waals surface area (Å²) in [6, 6.07) is 4.48. The molecule has 2 aromatic rings. The number of ether oxygens (including phenoxy) is 1. The van der Waals surface area contributed by atoms with Crippen LogP contribution in [-0.4, -0.2) is 17.3 Å². The minimum Gasteiger partial charge on any atom is -0.494 e. The first-order valence-corrected chi connectivity index (χ1v) is 6.51. The molecule has 0 atom stereocenters. The Hall–Kier alpha value is -1.95. The maximum Gasteiger partial charge on any atom is 0.258 e. The molecule has 0 unspecified atom stereocenters. The molecule has 0 fully saturated rings. The molecule has 0 spiro atoms. The Morgan fingerprint density at radius 3 is 2.60 bits per heavy atom. The highest BCUT2D eigenvalue weighted by molar-refractivity contribution is 5.54. The summed E-state index contributed by atoms with van der Waals surface area (Å²) in [5.41, 5.74) is 6.08. The fraction of sp³-hybridized carbons (Fsp3) is 0.429. The number of nitrogens with two attached hydrogens (primary N) is 1. The van der Waals surface area contributed by atoms with E-state index in [0.717, 1.165) is 0 Å². The van der Waals surface area contributed by atoms with Gasteiger partial charge in [-0.25, -0.2) is 4.39 Å². The van der Waals surface area contributed by atoms with Gasteiger partial charge < -0.3 is 15.0 Å². The zero-order valence-corrected chi connectivity index (χ0v) is 11.8. The van der Waals surface area contributed by atoms with Gasteiger partial charge in [0.2, 0.25) is 0 Å². The SMILES string of the molecule is CCC(N)(CC)c1noc(-c2ccc(OC)c(F)c2)n1. The maximum absolute atomic E-state index is 13.7. The van der Waals surface area contributed by atoms with Gasteiger partial charge in [0, 0.05) is 5.56 Å². The largest absolute Gasteiger partial charge is 0.494 e. The van der Waals surface area contributed by atoms with Gasteiger partial charge in [0.15, 0.2) is 17.4 Å². The molecule has 0 aliphatic rings. The highest BCUT2D eigenvalue weighted by Crippen LogP contribution is 2.28. The van der Waals surface area contributed by atoms with E-state index >= 15 is 0 Å². The van der Waals surface area contributed by atoms with Gasteiger partial charge in [0.05, 0.1) is 12.6 Å². The van der Waals surface area contributed by atoms with Gasteiger partial charge in [-0.2, -0.15) is 4.98 Å². The van der Waals surface area contributed by atoms with Gasteiger partial charge in [-0.05, 0) is 31.0 Å². The van der Waals surface area contributed by atoms with E-state index in [0.29, 0.717) is 24.2 Å². The van der Waals surface area contributed by atoms with Crippen LogP contribution in [0.4, 0.5) is 4.39 Å². The average molecular weight is 279 g/mol. The van der Waals surface area contributed by atoms with Crippen LogP contribution >= 0.6 is 0 Å². The minimum absolute atomic E-state index is 0.170. The topological polar surface area (TPSA) is 74.2 Å². The number of benzene rings is 1. The van der Waals surface area contributed by atoms with E-state index in [1.165, 1.54) is 19.2 Å². The molecule has 0 saturated heterocycles. The number of halogens is 1. The van der Waals surface area contributed by atoms with E-state index in [9.17, 15) is 4.39 Å². The van der Waals surface area contributed by atoms with E-state index in [-0.39, 0.29) is 11.6 Å². The first-order chi connectivity index (χ1) is 9.54. The summed E-state index contributed by atoms with van der Waals surface area (Å²) in [6.07, 6.45) is 1.39. The van der Waals surface area contributed by atoms with Crippen molar-refractivity contribution in [2.45, 2.75) is 32.2 Å². The smallest absolute Gasteiger partial charge is 0.258 e. The summed E-state index contributed by atoms with van der Waals surface area (Å²) in [7, 11) is 1.41. The van der Waals surface area contributed by atoms with Crippen molar-refractivity contribution in [2.75, 3.05) is 7.11 Å². The summed E-state index contributed by atoms with van der Waals surface area (Å²) in [6.45, 7) is 3.93. The van der Waals surface area contributed by atoms with E-state index in [2.05, 4.69) is 10.1 Å². The molecule has 20 heavy (non-hydrogen) atoms. The lowest BCUT2D eigenvalue weighted by Crippen LogP contribution is -2.36. The summed E-state index contributed by atoms with van der Waals surface area (Å²) in [5.74, 6) is 0.380. The number of hydrogen-bond acceptors (Lipinski definition) is 5. The number of rotatable bonds is 5. The molecule has 1 heterocycles. The predicted molar refractivity (Wildman–Crippen MR) is 72.7 cm³/mol. The molecule has 0 amide bonds. The highest BCUT2D eigenvalue weighted by atomic mass is 19.1. The first kappa shape index (κ1) is 14.5. The Bertz CT molecular complexity index is 594. The van der Waals surface area contributed by atoms with Crippen molar-refractivity contribution in [2.24, 2.45) is 5.73 Å². The van der Waals surface area contributed by atoms with Crippen LogP contribution in [0.15, 0.2) is 22.7 Å². The summed E-state index contributed by atoms with van der Waals surface area (Å²) >= 11 is 0. The molecule has 0 saturated carbocycles. The van der Waals surface area contributed by atoms with Crippen molar-refractivity contribution in [1.29, 1.82) is 0 Å². The van der Waals surface area contributed by atoms with Crippen LogP contribution in [0.1, 0.15) is 32.5 Å². The lowest BCUT2D eigenvalue weighted by atomic mass is 9.93. The van der Waals surface area contributed by atoms with Crippen LogP contribution in [0.5, 0.6) is 5.75 Å². The molecule has 0 aliphatic heterocycles. The molecule has 0 radical (unpaired) electrons. The Labute approximate surface area is 116 Å². The van der Waals surface area contributed by atoms with E-state index in [1.807, 2.05) is 13.8 Å². The fourth-order valence-electron chi connectivity index (χ4n) is 1.91. The highest BCUT2D eigenvalue weighted by Gasteiger charge is 2.29. The first-order valence-electron chi connectivity index (χ1n) is 6.51. The van der Waals surface area contributed by atoms with Gasteiger partial charge in [-0.1, -0.05) is 19.0 Å². The van der Waals surface area contributed by atoms with Crippen LogP contribution in [-0.2, 0) is 5.54 Å². The number of aromatic nitrogens is 2. The quantitative estimate of drug-likeness (QED) is 0.911. The number of hydrogen-bond donors (Lipinski definition) is 1. The molecule has 0 aliphatic carbocycles. The Morgan fingerprint density at radius 1 is 1.35 bits per heavy atom. The van der Waals surface area contributed by atoms with Crippen molar-refractivity contribution in [1.82, 2.24) is 10.1 Å². The summed E-state index contributed by atoms with van der Waals surface area (Å²) in [4.78, 5) is 4.28. The lowest BCUT2D eigenvalue weighted by Gasteiger charge is -2.21. The van der Waals surface area contributed by atoms with Crippen LogP contribution < -0.4 is 10.5 Å². The van der Waals surface area contributed by atoms with Crippen LogP contribution in [0.2, 0.25) is 0 Å². The molecule has 2 rings (SSSR count). The number of methoxy groups -OCH3 is 1. The van der Waals surface area contributed by atoms with Crippen LogP contribution in [0, 0.1) is 5.82 Å². The van der Waals surface area contributed by atoms with E-state index in [1.54, 1.807) is 6.07 Å². The van der Waals surface area contributed by atoms with Gasteiger partial charge in [0.25, 0.3) is 5.89 Å². The standard InChI is InChI=1S/C14H18FN3O2/c1-4-14(16,5-2)13-17-12(20-18-13)9-6-7-11(19-3)10(15)8-9/h6-8H,4-5,16H2,1-3H3. The van der Waals surface area contributed by atoms with Crippen LogP contribution in [0.25, 0.3) is 11.5 Å². The van der Waals surface area contributed by atoms with Crippen LogP contribution in [0.3, 0.4) is 0 Å². The normalized spacial score (nSPS) is 11.7. The molecule has 5 nitrogen and oxygen atoms in total. The molecule has 1 aromatic carbocycles. The third kappa shape index (κ3) is 2.51. The van der Waals surface area contributed by atoms with E-state index in [4.69, 9.17) is 15.0 Å². The average Bonchev–Trinajstić information content (AvgIpc) is 2.96. The third-order valence-electron chi connectivity index (χ3n) is 3.53. The lowest BCUT2D eigenvalue weighted by molar-refractivity contribution is 0.350. The van der Waals surface area contributed by atoms with Gasteiger partial charge in [0.1, 0.15) is 0 Å². The zero-order chi connectivity index (χ0) is 14.8. The molecule has 6 heteroatoms. The summed E-state index contributed by atoms with van der Waals surface area (Å²) < 4.78 is 23.7. The Morgan fingerprint density at radius 2 is 2.05 bits per heavy atom. The van der Waals surface area contributed by atoms with E-state index < -0.39 is 11.4 Å². The zero-order valence-electron chi connectivity index (χ0n) is 11.8. The minimum atomic E-state index is -0.618. The van der Waals surface area contributed by atoms with Crippen molar-refractivity contribution in [3.63, 3.8) is 0 Å². The maximum atomic E-state index is 13.7. The fourth-order valence-corrected chi connectivity index (χ4v) is 1.91. The molecule has 0 bridgehead atoms. The van der Waals surface area contributed by atoms with Crippen molar-refractivity contribution in [3.05, 3.63) is 29.8 Å². The van der Waals surface area contributed by atoms with Crippen molar-refractivity contribution < 1.29 is 13.7 Å². The van der Waals surface area contributed by atoms with Gasteiger partial charge >= 0.3 is 0 Å². The molecule has 2 N–H and O–H groups in total. The second-order valence-corrected chi connectivity index (χ2v) is 4.64. The monoisotopic (exact) mass is 279 g/mol. The van der Waals surface area contributed by atoms with Gasteiger partial charge in [-0.3, -0.25) is 0 Å².